The number of fused-ring (bicyclic) bond motifs is 1. The summed E-state index contributed by atoms with van der Waals surface area (Å²) < 4.78 is 2.04. The number of nitrogens with zero attached hydrogens (tertiary/aromatic N) is 2. The van der Waals surface area contributed by atoms with Gasteiger partial charge in [0, 0.05) is 12.6 Å². The summed E-state index contributed by atoms with van der Waals surface area (Å²) in [4.78, 5) is 16.9. The van der Waals surface area contributed by atoms with Gasteiger partial charge in [-0.25, -0.2) is 4.98 Å². The van der Waals surface area contributed by atoms with Crippen molar-refractivity contribution < 1.29 is 4.79 Å². The summed E-state index contributed by atoms with van der Waals surface area (Å²) in [6, 6.07) is 5.81. The van der Waals surface area contributed by atoms with Crippen LogP contribution in [0.1, 0.15) is 35.4 Å². The molecule has 2 heterocycles. The van der Waals surface area contributed by atoms with Gasteiger partial charge in [-0.1, -0.05) is 6.42 Å². The summed E-state index contributed by atoms with van der Waals surface area (Å²) in [5, 5.41) is 3.31. The van der Waals surface area contributed by atoms with Crippen LogP contribution in [0.25, 0.3) is 11.0 Å². The molecule has 0 amide bonds. The predicted molar refractivity (Wildman–Crippen MR) is 75.4 cm³/mol. The molecule has 1 aliphatic heterocycles. The maximum absolute atomic E-state index is 12.4. The second kappa shape index (κ2) is 4.78. The molecular formula is C15H19N3O. The van der Waals surface area contributed by atoms with Crippen molar-refractivity contribution in [3.63, 3.8) is 0 Å². The van der Waals surface area contributed by atoms with Gasteiger partial charge in [-0.3, -0.25) is 4.79 Å². The SMILES string of the molecule is Cc1nc2cc(C(=O)C3CCCCN3)ccc2n1C. The molecule has 0 saturated carbocycles. The van der Waals surface area contributed by atoms with Crippen LogP contribution in [0.15, 0.2) is 18.2 Å². The molecular weight excluding hydrogens is 238 g/mol. The van der Waals surface area contributed by atoms with Crippen molar-refractivity contribution >= 4 is 16.8 Å². The van der Waals surface area contributed by atoms with E-state index in [0.29, 0.717) is 0 Å². The summed E-state index contributed by atoms with van der Waals surface area (Å²) in [5.41, 5.74) is 2.75. The quantitative estimate of drug-likeness (QED) is 0.839. The second-order valence-corrected chi connectivity index (χ2v) is 5.29. The molecule has 1 saturated heterocycles. The molecule has 0 spiro atoms. The zero-order valence-corrected chi connectivity index (χ0v) is 11.4. The number of aromatic nitrogens is 2. The maximum Gasteiger partial charge on any atom is 0.179 e. The van der Waals surface area contributed by atoms with E-state index in [2.05, 4.69) is 10.3 Å². The molecule has 1 atom stereocenters. The maximum atomic E-state index is 12.4. The number of hydrogen-bond acceptors (Lipinski definition) is 3. The zero-order chi connectivity index (χ0) is 13.4. The van der Waals surface area contributed by atoms with Crippen LogP contribution in [0.3, 0.4) is 0 Å². The Morgan fingerprint density at radius 3 is 3.00 bits per heavy atom. The number of imidazole rings is 1. The Labute approximate surface area is 112 Å². The highest BCUT2D eigenvalue weighted by Crippen LogP contribution is 2.19. The van der Waals surface area contributed by atoms with Gasteiger partial charge in [0.05, 0.1) is 17.1 Å². The van der Waals surface area contributed by atoms with E-state index in [0.717, 1.165) is 41.8 Å². The largest absolute Gasteiger partial charge is 0.331 e. The average molecular weight is 257 g/mol. The lowest BCUT2D eigenvalue weighted by molar-refractivity contribution is 0.0927. The normalized spacial score (nSPS) is 19.8. The number of nitrogens with one attached hydrogen (secondary N) is 1. The second-order valence-electron chi connectivity index (χ2n) is 5.29. The van der Waals surface area contributed by atoms with E-state index < -0.39 is 0 Å². The zero-order valence-electron chi connectivity index (χ0n) is 11.4. The number of carbonyl (C=O) groups excluding carboxylic acids is 1. The first kappa shape index (κ1) is 12.4. The fourth-order valence-electron chi connectivity index (χ4n) is 2.75. The van der Waals surface area contributed by atoms with E-state index in [4.69, 9.17) is 0 Å². The van der Waals surface area contributed by atoms with E-state index in [1.54, 1.807) is 0 Å². The lowest BCUT2D eigenvalue weighted by Gasteiger charge is -2.22. The number of ketones is 1. The number of benzene rings is 1. The number of hydrogen-bond donors (Lipinski definition) is 1. The Balaban J connectivity index is 1.94. The summed E-state index contributed by atoms with van der Waals surface area (Å²) in [6.45, 7) is 2.92. The Morgan fingerprint density at radius 1 is 1.42 bits per heavy atom. The van der Waals surface area contributed by atoms with Crippen LogP contribution in [-0.4, -0.2) is 27.9 Å². The monoisotopic (exact) mass is 257 g/mol. The van der Waals surface area contributed by atoms with Crippen molar-refractivity contribution in [3.8, 4) is 0 Å². The highest BCUT2D eigenvalue weighted by molar-refractivity contribution is 6.02. The number of piperidine rings is 1. The van der Waals surface area contributed by atoms with Crippen LogP contribution in [0.2, 0.25) is 0 Å². The van der Waals surface area contributed by atoms with E-state index in [9.17, 15) is 4.79 Å². The molecule has 1 aliphatic rings. The Kier molecular flexibility index (Phi) is 3.11. The minimum atomic E-state index is -0.0176. The van der Waals surface area contributed by atoms with Gasteiger partial charge in [-0.15, -0.1) is 0 Å². The molecule has 100 valence electrons. The summed E-state index contributed by atoms with van der Waals surface area (Å²) in [5.74, 6) is 1.17. The lowest BCUT2D eigenvalue weighted by atomic mass is 9.96. The fourth-order valence-corrected chi connectivity index (χ4v) is 2.75. The molecule has 1 fully saturated rings. The highest BCUT2D eigenvalue weighted by atomic mass is 16.1. The Morgan fingerprint density at radius 2 is 2.26 bits per heavy atom. The Hall–Kier alpha value is -1.68. The van der Waals surface area contributed by atoms with Gasteiger partial charge >= 0.3 is 0 Å². The van der Waals surface area contributed by atoms with Gasteiger partial charge in [0.25, 0.3) is 0 Å². The lowest BCUT2D eigenvalue weighted by Crippen LogP contribution is -2.40. The molecule has 19 heavy (non-hydrogen) atoms. The molecule has 3 rings (SSSR count). The minimum Gasteiger partial charge on any atom is -0.331 e. The number of rotatable bonds is 2. The van der Waals surface area contributed by atoms with Gasteiger partial charge in [-0.2, -0.15) is 0 Å². The summed E-state index contributed by atoms with van der Waals surface area (Å²) >= 11 is 0. The molecule has 1 aromatic carbocycles. The standard InChI is InChI=1S/C15H19N3O/c1-10-17-13-9-11(6-7-14(13)18(10)2)15(19)12-5-3-4-8-16-12/h6-7,9,12,16H,3-5,8H2,1-2H3. The Bertz CT molecular complexity index is 624. The smallest absolute Gasteiger partial charge is 0.179 e. The van der Waals surface area contributed by atoms with Crippen LogP contribution >= 0.6 is 0 Å². The molecule has 4 nitrogen and oxygen atoms in total. The van der Waals surface area contributed by atoms with Crippen LogP contribution in [0.5, 0.6) is 0 Å². The third-order valence-electron chi connectivity index (χ3n) is 4.02. The van der Waals surface area contributed by atoms with Crippen LogP contribution < -0.4 is 5.32 Å². The molecule has 0 radical (unpaired) electrons. The van der Waals surface area contributed by atoms with Gasteiger partial charge in [0.1, 0.15) is 5.82 Å². The van der Waals surface area contributed by atoms with E-state index in [1.807, 2.05) is 36.7 Å². The van der Waals surface area contributed by atoms with Crippen molar-refractivity contribution in [2.75, 3.05) is 6.54 Å². The van der Waals surface area contributed by atoms with Crippen molar-refractivity contribution in [3.05, 3.63) is 29.6 Å². The molecule has 0 bridgehead atoms. The summed E-state index contributed by atoms with van der Waals surface area (Å²) in [7, 11) is 1.99. The van der Waals surface area contributed by atoms with Crippen molar-refractivity contribution in [2.24, 2.45) is 7.05 Å². The van der Waals surface area contributed by atoms with Gasteiger partial charge in [0.15, 0.2) is 5.78 Å². The third kappa shape index (κ3) is 2.16. The highest BCUT2D eigenvalue weighted by Gasteiger charge is 2.22. The van der Waals surface area contributed by atoms with Gasteiger partial charge in [0.2, 0.25) is 0 Å². The van der Waals surface area contributed by atoms with E-state index in [-0.39, 0.29) is 11.8 Å². The van der Waals surface area contributed by atoms with Crippen LogP contribution in [-0.2, 0) is 7.05 Å². The molecule has 4 heteroatoms. The van der Waals surface area contributed by atoms with Crippen LogP contribution in [0, 0.1) is 6.92 Å². The van der Waals surface area contributed by atoms with Crippen molar-refractivity contribution in [2.45, 2.75) is 32.2 Å². The topological polar surface area (TPSA) is 46.9 Å². The summed E-state index contributed by atoms with van der Waals surface area (Å²) in [6.07, 6.45) is 3.24. The van der Waals surface area contributed by atoms with Crippen LogP contribution in [0.4, 0.5) is 0 Å². The minimum absolute atomic E-state index is 0.0176. The van der Waals surface area contributed by atoms with Crippen molar-refractivity contribution in [1.29, 1.82) is 0 Å². The fraction of sp³-hybridized carbons (Fsp3) is 0.467. The third-order valence-corrected chi connectivity index (χ3v) is 4.02. The number of carbonyl (C=O) groups is 1. The van der Waals surface area contributed by atoms with E-state index >= 15 is 0 Å². The van der Waals surface area contributed by atoms with Gasteiger partial charge < -0.3 is 9.88 Å². The molecule has 1 unspecified atom stereocenters. The van der Waals surface area contributed by atoms with E-state index in [1.165, 1.54) is 6.42 Å². The number of Topliss-reactive ketones (excluding diaryl/α,β-unsaturated/α-hetero) is 1. The molecule has 2 aromatic rings. The first-order valence-electron chi connectivity index (χ1n) is 6.87. The average Bonchev–Trinajstić information content (AvgIpc) is 2.74. The molecule has 0 aliphatic carbocycles. The first-order valence-corrected chi connectivity index (χ1v) is 6.87. The number of aryl methyl sites for hydroxylation is 2. The first-order chi connectivity index (χ1) is 9.16. The molecule has 1 aromatic heterocycles. The van der Waals surface area contributed by atoms with Gasteiger partial charge in [-0.05, 0) is 44.5 Å². The van der Waals surface area contributed by atoms with Crippen molar-refractivity contribution in [1.82, 2.24) is 14.9 Å². The molecule has 1 N–H and O–H groups in total. The predicted octanol–water partition coefficient (Wildman–Crippen LogP) is 2.21.